The lowest BCUT2D eigenvalue weighted by molar-refractivity contribution is 0.0933. The number of carbonyl (C=O) groups excluding carboxylic acids is 1. The molecule has 1 aliphatic heterocycles. The second-order valence-corrected chi connectivity index (χ2v) is 6.87. The Morgan fingerprint density at radius 3 is 2.79 bits per heavy atom. The lowest BCUT2D eigenvalue weighted by Crippen LogP contribution is -2.48. The summed E-state index contributed by atoms with van der Waals surface area (Å²) >= 11 is 0. The molecule has 1 fully saturated rings. The summed E-state index contributed by atoms with van der Waals surface area (Å²) < 4.78 is 0. The largest absolute Gasteiger partial charge is 0.353 e. The van der Waals surface area contributed by atoms with E-state index in [-0.39, 0.29) is 11.9 Å². The van der Waals surface area contributed by atoms with Crippen LogP contribution in [0.25, 0.3) is 11.3 Å². The third kappa shape index (κ3) is 3.98. The van der Waals surface area contributed by atoms with E-state index < -0.39 is 0 Å². The maximum atomic E-state index is 13.0. The molecular formula is C21H22N6O. The predicted octanol–water partition coefficient (Wildman–Crippen LogP) is 2.64. The normalized spacial score (nSPS) is 16.6. The van der Waals surface area contributed by atoms with Crippen molar-refractivity contribution in [2.75, 3.05) is 18.0 Å². The van der Waals surface area contributed by atoms with Crippen LogP contribution in [0.2, 0.25) is 0 Å². The fourth-order valence-electron chi connectivity index (χ4n) is 3.47. The molecule has 4 rings (SSSR count). The molecule has 1 amide bonds. The van der Waals surface area contributed by atoms with Crippen LogP contribution in [-0.2, 0) is 0 Å². The molecule has 1 saturated heterocycles. The second-order valence-electron chi connectivity index (χ2n) is 6.87. The Morgan fingerprint density at radius 2 is 2.00 bits per heavy atom. The lowest BCUT2D eigenvalue weighted by atomic mass is 10.0. The smallest absolute Gasteiger partial charge is 0.255 e. The molecule has 0 aliphatic carbocycles. The van der Waals surface area contributed by atoms with Crippen molar-refractivity contribution in [3.8, 4) is 11.3 Å². The highest BCUT2D eigenvalue weighted by molar-refractivity contribution is 5.99. The van der Waals surface area contributed by atoms with Gasteiger partial charge in [0.1, 0.15) is 11.6 Å². The average molecular weight is 374 g/mol. The number of aromatic nitrogens is 4. The minimum atomic E-state index is -0.148. The molecule has 3 aromatic rings. The van der Waals surface area contributed by atoms with Gasteiger partial charge in [0.25, 0.3) is 5.91 Å². The number of nitrogens with one attached hydrogen (secondary N) is 1. The van der Waals surface area contributed by atoms with Crippen molar-refractivity contribution in [2.24, 2.45) is 0 Å². The van der Waals surface area contributed by atoms with E-state index in [0.29, 0.717) is 23.6 Å². The molecule has 0 spiro atoms. The number of nitrogens with zero attached hydrogens (tertiary/aromatic N) is 5. The summed E-state index contributed by atoms with van der Waals surface area (Å²) in [7, 11) is 0. The molecular weight excluding hydrogens is 352 g/mol. The predicted molar refractivity (Wildman–Crippen MR) is 107 cm³/mol. The van der Waals surface area contributed by atoms with Gasteiger partial charge in [0.05, 0.1) is 17.5 Å². The number of carbonyl (C=O) groups is 1. The third-order valence-electron chi connectivity index (χ3n) is 4.83. The summed E-state index contributed by atoms with van der Waals surface area (Å²) in [6, 6.07) is 9.76. The van der Waals surface area contributed by atoms with Crippen molar-refractivity contribution in [3.05, 3.63) is 66.5 Å². The molecule has 1 atom stereocenters. The van der Waals surface area contributed by atoms with Crippen molar-refractivity contribution in [1.29, 1.82) is 0 Å². The molecule has 1 aliphatic rings. The molecule has 7 nitrogen and oxygen atoms in total. The summed E-state index contributed by atoms with van der Waals surface area (Å²) in [5.41, 5.74) is 2.06. The Hall–Kier alpha value is -3.35. The monoisotopic (exact) mass is 374 g/mol. The van der Waals surface area contributed by atoms with Crippen LogP contribution in [-0.4, -0.2) is 45.0 Å². The number of hydrogen-bond donors (Lipinski definition) is 1. The molecule has 3 heterocycles. The highest BCUT2D eigenvalue weighted by Crippen LogP contribution is 2.22. The number of piperidine rings is 1. The van der Waals surface area contributed by atoms with Crippen molar-refractivity contribution in [3.63, 3.8) is 0 Å². The molecule has 0 saturated carbocycles. The van der Waals surface area contributed by atoms with Gasteiger partial charge in [-0.3, -0.25) is 9.78 Å². The minimum absolute atomic E-state index is 0.0354. The first-order valence-corrected chi connectivity index (χ1v) is 9.41. The Morgan fingerprint density at radius 1 is 1.14 bits per heavy atom. The first-order chi connectivity index (χ1) is 13.7. The van der Waals surface area contributed by atoms with Gasteiger partial charge >= 0.3 is 0 Å². The Bertz CT molecular complexity index is 948. The van der Waals surface area contributed by atoms with Crippen LogP contribution in [0.4, 0.5) is 5.82 Å². The zero-order valence-corrected chi connectivity index (χ0v) is 15.7. The zero-order chi connectivity index (χ0) is 19.3. The molecule has 142 valence electrons. The Kier molecular flexibility index (Phi) is 5.23. The SMILES string of the molecule is Cc1ncc(C(=O)N[C@@H]2CCCN(c3cnccn3)C2)c(-c2ccccc2)n1. The molecule has 1 N–H and O–H groups in total. The molecule has 1 aromatic carbocycles. The highest BCUT2D eigenvalue weighted by Gasteiger charge is 2.24. The summed E-state index contributed by atoms with van der Waals surface area (Å²) in [6.45, 7) is 3.44. The maximum Gasteiger partial charge on any atom is 0.255 e. The molecule has 2 aromatic heterocycles. The van der Waals surface area contributed by atoms with Gasteiger partial charge in [0.15, 0.2) is 0 Å². The summed E-state index contributed by atoms with van der Waals surface area (Å²) in [4.78, 5) is 32.4. The Balaban J connectivity index is 1.53. The Labute approximate surface area is 163 Å². The van der Waals surface area contributed by atoms with E-state index in [2.05, 4.69) is 30.2 Å². The second kappa shape index (κ2) is 8.12. The topological polar surface area (TPSA) is 83.9 Å². The number of hydrogen-bond acceptors (Lipinski definition) is 6. The van der Waals surface area contributed by atoms with Crippen molar-refractivity contribution in [1.82, 2.24) is 25.3 Å². The summed E-state index contributed by atoms with van der Waals surface area (Å²) in [5.74, 6) is 1.33. The standard InChI is InChI=1S/C21H22N6O/c1-15-24-12-18(20(25-15)16-6-3-2-4-7-16)21(28)26-17-8-5-11-27(14-17)19-13-22-9-10-23-19/h2-4,6-7,9-10,12-13,17H,5,8,11,14H2,1H3,(H,26,28)/t17-/m1/s1. The van der Waals surface area contributed by atoms with E-state index in [1.807, 2.05) is 37.3 Å². The highest BCUT2D eigenvalue weighted by atomic mass is 16.1. The van der Waals surface area contributed by atoms with E-state index in [9.17, 15) is 4.79 Å². The van der Waals surface area contributed by atoms with Gasteiger partial charge in [-0.2, -0.15) is 0 Å². The van der Waals surface area contributed by atoms with Crippen LogP contribution >= 0.6 is 0 Å². The van der Waals surface area contributed by atoms with Crippen molar-refractivity contribution < 1.29 is 4.79 Å². The third-order valence-corrected chi connectivity index (χ3v) is 4.83. The van der Waals surface area contributed by atoms with Gasteiger partial charge < -0.3 is 10.2 Å². The fourth-order valence-corrected chi connectivity index (χ4v) is 3.47. The summed E-state index contributed by atoms with van der Waals surface area (Å²) in [6.07, 6.45) is 8.63. The van der Waals surface area contributed by atoms with Crippen LogP contribution in [0.15, 0.2) is 55.1 Å². The summed E-state index contributed by atoms with van der Waals surface area (Å²) in [5, 5.41) is 3.16. The van der Waals surface area contributed by atoms with Crippen molar-refractivity contribution in [2.45, 2.75) is 25.8 Å². The van der Waals surface area contributed by atoms with E-state index in [0.717, 1.165) is 30.8 Å². The van der Waals surface area contributed by atoms with Gasteiger partial charge in [-0.25, -0.2) is 15.0 Å². The van der Waals surface area contributed by atoms with Crippen LogP contribution in [0.3, 0.4) is 0 Å². The first kappa shape index (κ1) is 18.0. The molecule has 28 heavy (non-hydrogen) atoms. The number of benzene rings is 1. The fraction of sp³-hybridized carbons (Fsp3) is 0.286. The van der Waals surface area contributed by atoms with Crippen LogP contribution in [0, 0.1) is 6.92 Å². The van der Waals surface area contributed by atoms with Crippen molar-refractivity contribution >= 4 is 11.7 Å². The maximum absolute atomic E-state index is 13.0. The number of aryl methyl sites for hydroxylation is 1. The van der Waals surface area contributed by atoms with E-state index in [4.69, 9.17) is 0 Å². The van der Waals surface area contributed by atoms with Gasteiger partial charge in [-0.15, -0.1) is 0 Å². The van der Waals surface area contributed by atoms with Crippen LogP contribution < -0.4 is 10.2 Å². The average Bonchev–Trinajstić information content (AvgIpc) is 2.75. The lowest BCUT2D eigenvalue weighted by Gasteiger charge is -2.33. The quantitative estimate of drug-likeness (QED) is 0.756. The van der Waals surface area contributed by atoms with E-state index in [1.165, 1.54) is 0 Å². The van der Waals surface area contributed by atoms with Gasteiger partial charge in [0, 0.05) is 43.3 Å². The molecule has 0 unspecified atom stereocenters. The minimum Gasteiger partial charge on any atom is -0.353 e. The van der Waals surface area contributed by atoms with Gasteiger partial charge in [-0.1, -0.05) is 30.3 Å². The number of rotatable bonds is 4. The van der Waals surface area contributed by atoms with Crippen LogP contribution in [0.1, 0.15) is 29.0 Å². The van der Waals surface area contributed by atoms with Crippen LogP contribution in [0.5, 0.6) is 0 Å². The number of anilines is 1. The number of amides is 1. The molecule has 0 bridgehead atoms. The van der Waals surface area contributed by atoms with Gasteiger partial charge in [0.2, 0.25) is 0 Å². The van der Waals surface area contributed by atoms with Gasteiger partial charge in [-0.05, 0) is 19.8 Å². The first-order valence-electron chi connectivity index (χ1n) is 9.41. The van der Waals surface area contributed by atoms with E-state index in [1.54, 1.807) is 24.8 Å². The van der Waals surface area contributed by atoms with E-state index >= 15 is 0 Å². The molecule has 0 radical (unpaired) electrons. The zero-order valence-electron chi connectivity index (χ0n) is 15.7. The molecule has 7 heteroatoms.